The van der Waals surface area contributed by atoms with E-state index < -0.39 is 9.84 Å². The molecule has 0 atom stereocenters. The second-order valence-corrected chi connectivity index (χ2v) is 7.06. The summed E-state index contributed by atoms with van der Waals surface area (Å²) in [6, 6.07) is 11.4. The summed E-state index contributed by atoms with van der Waals surface area (Å²) in [5.74, 6) is 0. The van der Waals surface area contributed by atoms with Gasteiger partial charge in [-0.25, -0.2) is 8.42 Å². The topological polar surface area (TPSA) is 34.1 Å². The fourth-order valence-electron chi connectivity index (χ4n) is 1.62. The normalized spacial score (nSPS) is 11.5. The van der Waals surface area contributed by atoms with E-state index in [1.54, 1.807) is 49.4 Å². The van der Waals surface area contributed by atoms with E-state index in [-0.39, 0.29) is 9.79 Å². The Morgan fingerprint density at radius 3 is 2.28 bits per heavy atom. The summed E-state index contributed by atoms with van der Waals surface area (Å²) in [6.45, 7) is 1.70. The van der Waals surface area contributed by atoms with Gasteiger partial charge in [-0.3, -0.25) is 0 Å². The third-order valence-electron chi connectivity index (χ3n) is 2.63. The van der Waals surface area contributed by atoms with Crippen LogP contribution in [0, 0.1) is 6.92 Å². The Balaban J connectivity index is 2.62. The van der Waals surface area contributed by atoms with Gasteiger partial charge in [0.1, 0.15) is 0 Å². The van der Waals surface area contributed by atoms with Gasteiger partial charge in [-0.2, -0.15) is 0 Å². The van der Waals surface area contributed by atoms with Gasteiger partial charge in [0.2, 0.25) is 9.84 Å². The predicted octanol–water partition coefficient (Wildman–Crippen LogP) is 4.24. The van der Waals surface area contributed by atoms with Gasteiger partial charge in [0, 0.05) is 9.50 Å². The molecule has 0 N–H and O–H groups in total. The van der Waals surface area contributed by atoms with Crippen molar-refractivity contribution in [2.45, 2.75) is 16.7 Å². The van der Waals surface area contributed by atoms with Gasteiger partial charge in [-0.15, -0.1) is 0 Å². The second kappa shape index (κ2) is 5.03. The van der Waals surface area contributed by atoms with Crippen LogP contribution in [0.4, 0.5) is 0 Å². The minimum absolute atomic E-state index is 0.248. The Hall–Kier alpha value is -0.840. The molecule has 0 aliphatic carbocycles. The SMILES string of the molecule is Cc1c(Cl)cccc1S(=O)(=O)c1ccc(Br)cc1. The van der Waals surface area contributed by atoms with Crippen LogP contribution in [0.5, 0.6) is 0 Å². The van der Waals surface area contributed by atoms with Gasteiger partial charge < -0.3 is 0 Å². The highest BCUT2D eigenvalue weighted by Gasteiger charge is 2.20. The number of rotatable bonds is 2. The Kier molecular flexibility index (Phi) is 3.80. The molecule has 0 aromatic heterocycles. The highest BCUT2D eigenvalue weighted by atomic mass is 79.9. The zero-order chi connectivity index (χ0) is 13.3. The fourth-order valence-corrected chi connectivity index (χ4v) is 3.63. The van der Waals surface area contributed by atoms with Gasteiger partial charge in [0.05, 0.1) is 9.79 Å². The van der Waals surface area contributed by atoms with E-state index in [1.807, 2.05) is 0 Å². The van der Waals surface area contributed by atoms with E-state index >= 15 is 0 Å². The van der Waals surface area contributed by atoms with Gasteiger partial charge in [0.15, 0.2) is 0 Å². The first-order chi connectivity index (χ1) is 8.43. The van der Waals surface area contributed by atoms with Gasteiger partial charge in [-0.1, -0.05) is 33.6 Å². The molecule has 0 unspecified atom stereocenters. The molecule has 18 heavy (non-hydrogen) atoms. The van der Waals surface area contributed by atoms with Crippen LogP contribution in [0.3, 0.4) is 0 Å². The summed E-state index contributed by atoms with van der Waals surface area (Å²) in [6.07, 6.45) is 0. The molecule has 0 aliphatic heterocycles. The maximum atomic E-state index is 12.4. The Bertz CT molecular complexity index is 679. The Labute approximate surface area is 120 Å². The average Bonchev–Trinajstić information content (AvgIpc) is 2.33. The first-order valence-corrected chi connectivity index (χ1v) is 7.84. The molecule has 2 aromatic carbocycles. The third kappa shape index (κ3) is 2.46. The molecule has 0 bridgehead atoms. The number of hydrogen-bond acceptors (Lipinski definition) is 2. The first-order valence-electron chi connectivity index (χ1n) is 5.18. The molecular formula is C13H10BrClO2S. The van der Waals surface area contributed by atoms with Crippen molar-refractivity contribution in [3.8, 4) is 0 Å². The largest absolute Gasteiger partial charge is 0.219 e. The standard InChI is InChI=1S/C13H10BrClO2S/c1-9-12(15)3-2-4-13(9)18(16,17)11-7-5-10(14)6-8-11/h2-8H,1H3. The van der Waals surface area contributed by atoms with Gasteiger partial charge in [-0.05, 0) is 48.9 Å². The van der Waals surface area contributed by atoms with Crippen LogP contribution in [-0.4, -0.2) is 8.42 Å². The number of halogens is 2. The van der Waals surface area contributed by atoms with Crippen molar-refractivity contribution in [1.29, 1.82) is 0 Å². The number of hydrogen-bond donors (Lipinski definition) is 0. The minimum atomic E-state index is -3.51. The quantitative estimate of drug-likeness (QED) is 0.815. The lowest BCUT2D eigenvalue weighted by molar-refractivity contribution is 0.595. The van der Waals surface area contributed by atoms with Crippen LogP contribution in [-0.2, 0) is 9.84 Å². The van der Waals surface area contributed by atoms with E-state index in [1.165, 1.54) is 0 Å². The average molecular weight is 346 g/mol. The molecular weight excluding hydrogens is 336 g/mol. The lowest BCUT2D eigenvalue weighted by atomic mass is 10.2. The van der Waals surface area contributed by atoms with Crippen molar-refractivity contribution in [2.75, 3.05) is 0 Å². The van der Waals surface area contributed by atoms with E-state index in [2.05, 4.69) is 15.9 Å². The molecule has 0 spiro atoms. The molecule has 0 fully saturated rings. The summed E-state index contributed by atoms with van der Waals surface area (Å²) >= 11 is 9.24. The molecule has 0 saturated heterocycles. The zero-order valence-corrected chi connectivity index (χ0v) is 12.7. The summed E-state index contributed by atoms with van der Waals surface area (Å²) in [7, 11) is -3.51. The van der Waals surface area contributed by atoms with Crippen LogP contribution in [0.25, 0.3) is 0 Å². The molecule has 5 heteroatoms. The predicted molar refractivity (Wildman–Crippen MR) is 75.8 cm³/mol. The fraction of sp³-hybridized carbons (Fsp3) is 0.0769. The Morgan fingerprint density at radius 2 is 1.67 bits per heavy atom. The highest BCUT2D eigenvalue weighted by molar-refractivity contribution is 9.10. The number of benzene rings is 2. The molecule has 0 saturated carbocycles. The van der Waals surface area contributed by atoms with Crippen molar-refractivity contribution in [2.24, 2.45) is 0 Å². The van der Waals surface area contributed by atoms with Crippen molar-refractivity contribution in [1.82, 2.24) is 0 Å². The highest BCUT2D eigenvalue weighted by Crippen LogP contribution is 2.28. The minimum Gasteiger partial charge on any atom is -0.219 e. The van der Waals surface area contributed by atoms with Crippen LogP contribution in [0.1, 0.15) is 5.56 Å². The monoisotopic (exact) mass is 344 g/mol. The number of sulfone groups is 1. The zero-order valence-electron chi connectivity index (χ0n) is 9.52. The summed E-state index contributed by atoms with van der Waals surface area (Å²) < 4.78 is 25.7. The van der Waals surface area contributed by atoms with Crippen molar-refractivity contribution >= 4 is 37.4 Å². The molecule has 0 aliphatic rings. The van der Waals surface area contributed by atoms with Gasteiger partial charge in [0.25, 0.3) is 0 Å². The lowest BCUT2D eigenvalue weighted by Crippen LogP contribution is -2.04. The van der Waals surface area contributed by atoms with Crippen LogP contribution in [0.15, 0.2) is 56.7 Å². The summed E-state index contributed by atoms with van der Waals surface area (Å²) in [5, 5.41) is 0.452. The second-order valence-electron chi connectivity index (χ2n) is 3.82. The first kappa shape index (κ1) is 13.6. The van der Waals surface area contributed by atoms with E-state index in [0.717, 1.165) is 4.47 Å². The maximum absolute atomic E-state index is 12.4. The summed E-state index contributed by atoms with van der Waals surface area (Å²) in [5.41, 5.74) is 0.571. The van der Waals surface area contributed by atoms with Crippen molar-refractivity contribution < 1.29 is 8.42 Å². The van der Waals surface area contributed by atoms with E-state index in [9.17, 15) is 8.42 Å². The smallest absolute Gasteiger partial charge is 0.206 e. The molecule has 2 nitrogen and oxygen atoms in total. The lowest BCUT2D eigenvalue weighted by Gasteiger charge is -2.09. The third-order valence-corrected chi connectivity index (χ3v) is 5.48. The van der Waals surface area contributed by atoms with Crippen molar-refractivity contribution in [3.63, 3.8) is 0 Å². The molecule has 2 rings (SSSR count). The molecule has 0 heterocycles. The summed E-state index contributed by atoms with van der Waals surface area (Å²) in [4.78, 5) is 0.508. The van der Waals surface area contributed by atoms with Crippen LogP contribution in [0.2, 0.25) is 5.02 Å². The van der Waals surface area contributed by atoms with E-state index in [0.29, 0.717) is 10.6 Å². The maximum Gasteiger partial charge on any atom is 0.206 e. The molecule has 2 aromatic rings. The van der Waals surface area contributed by atoms with Crippen LogP contribution >= 0.6 is 27.5 Å². The van der Waals surface area contributed by atoms with Crippen molar-refractivity contribution in [3.05, 3.63) is 57.5 Å². The Morgan fingerprint density at radius 1 is 1.06 bits per heavy atom. The van der Waals surface area contributed by atoms with Gasteiger partial charge >= 0.3 is 0 Å². The molecule has 0 amide bonds. The van der Waals surface area contributed by atoms with E-state index in [4.69, 9.17) is 11.6 Å². The van der Waals surface area contributed by atoms with Crippen LogP contribution < -0.4 is 0 Å². The molecule has 0 radical (unpaired) electrons. The molecule has 94 valence electrons.